The minimum absolute atomic E-state index is 0.222. The van der Waals surface area contributed by atoms with Gasteiger partial charge >= 0.3 is 0 Å². The van der Waals surface area contributed by atoms with Crippen molar-refractivity contribution in [3.8, 4) is 5.69 Å². The molecule has 0 radical (unpaired) electrons. The number of nitrogens with one attached hydrogen (secondary N) is 2. The fourth-order valence-electron chi connectivity index (χ4n) is 3.83. The first-order valence-corrected chi connectivity index (χ1v) is 10.1. The number of amides is 2. The third-order valence-electron chi connectivity index (χ3n) is 5.33. The second-order valence-corrected chi connectivity index (χ2v) is 7.34. The van der Waals surface area contributed by atoms with Crippen molar-refractivity contribution in [2.45, 2.75) is 32.1 Å². The quantitative estimate of drug-likeness (QED) is 0.646. The maximum Gasteiger partial charge on any atom is 0.276 e. The van der Waals surface area contributed by atoms with Crippen LogP contribution in [0.5, 0.6) is 0 Å². The lowest BCUT2D eigenvalue weighted by atomic mass is 10.1. The molecule has 0 atom stereocenters. The highest BCUT2D eigenvalue weighted by molar-refractivity contribution is 6.05. The molecule has 0 spiro atoms. The zero-order valence-corrected chi connectivity index (χ0v) is 16.7. The lowest BCUT2D eigenvalue weighted by molar-refractivity contribution is 0.0961. The van der Waals surface area contributed by atoms with Crippen LogP contribution in [0.4, 0.5) is 10.1 Å². The predicted molar refractivity (Wildman–Crippen MR) is 113 cm³/mol. The number of carbonyl (C=O) groups excluding carboxylic acids is 2. The lowest BCUT2D eigenvalue weighted by Gasteiger charge is -2.07. The molecule has 4 rings (SSSR count). The van der Waals surface area contributed by atoms with Crippen LogP contribution in [0.3, 0.4) is 0 Å². The Labute approximate surface area is 174 Å². The summed E-state index contributed by atoms with van der Waals surface area (Å²) in [7, 11) is 1.56. The molecule has 154 valence electrons. The summed E-state index contributed by atoms with van der Waals surface area (Å²) in [6.07, 6.45) is 4.70. The van der Waals surface area contributed by atoms with Crippen LogP contribution in [0.25, 0.3) is 5.69 Å². The topological polar surface area (TPSA) is 76.0 Å². The standard InChI is InChI=1S/C23H23FN4O2/c1-25-22(29)15-6-5-7-17(14-15)26-23(30)21-19-8-3-2-4-9-20(19)28(27-21)18-12-10-16(24)11-13-18/h5-7,10-14H,2-4,8-9H2,1H3,(H,25,29)(H,26,30). The molecular weight excluding hydrogens is 383 g/mol. The molecule has 1 aromatic heterocycles. The van der Waals surface area contributed by atoms with Crippen molar-refractivity contribution in [2.75, 3.05) is 12.4 Å². The van der Waals surface area contributed by atoms with Crippen LogP contribution in [0.1, 0.15) is 51.4 Å². The number of nitrogens with zero attached hydrogens (tertiary/aromatic N) is 2. The van der Waals surface area contributed by atoms with Gasteiger partial charge in [0, 0.05) is 29.6 Å². The Hall–Kier alpha value is -3.48. The van der Waals surface area contributed by atoms with Crippen LogP contribution in [0.15, 0.2) is 48.5 Å². The third-order valence-corrected chi connectivity index (χ3v) is 5.33. The Kier molecular flexibility index (Phi) is 5.61. The second-order valence-electron chi connectivity index (χ2n) is 7.34. The first-order valence-electron chi connectivity index (χ1n) is 10.1. The second kappa shape index (κ2) is 8.49. The zero-order valence-electron chi connectivity index (χ0n) is 16.7. The molecule has 2 aromatic carbocycles. The van der Waals surface area contributed by atoms with E-state index in [0.717, 1.165) is 49.0 Å². The monoisotopic (exact) mass is 406 g/mol. The van der Waals surface area contributed by atoms with Gasteiger partial charge in [-0.25, -0.2) is 9.07 Å². The van der Waals surface area contributed by atoms with Gasteiger partial charge in [-0.15, -0.1) is 0 Å². The van der Waals surface area contributed by atoms with Crippen molar-refractivity contribution in [3.63, 3.8) is 0 Å². The molecule has 0 saturated carbocycles. The fraction of sp³-hybridized carbons (Fsp3) is 0.261. The molecule has 2 N–H and O–H groups in total. The Bertz CT molecular complexity index is 1090. The van der Waals surface area contributed by atoms with Crippen molar-refractivity contribution in [1.29, 1.82) is 0 Å². The van der Waals surface area contributed by atoms with Crippen LogP contribution in [-0.2, 0) is 12.8 Å². The van der Waals surface area contributed by atoms with Crippen LogP contribution in [-0.4, -0.2) is 28.6 Å². The lowest BCUT2D eigenvalue weighted by Crippen LogP contribution is -2.19. The van der Waals surface area contributed by atoms with Gasteiger partial charge in [-0.3, -0.25) is 9.59 Å². The fourth-order valence-corrected chi connectivity index (χ4v) is 3.83. The summed E-state index contributed by atoms with van der Waals surface area (Å²) in [5.74, 6) is -0.852. The third kappa shape index (κ3) is 3.96. The molecule has 2 amide bonds. The van der Waals surface area contributed by atoms with Gasteiger partial charge < -0.3 is 10.6 Å². The largest absolute Gasteiger partial charge is 0.355 e. The van der Waals surface area contributed by atoms with Gasteiger partial charge in [0.2, 0.25) is 0 Å². The van der Waals surface area contributed by atoms with Crippen LogP contribution >= 0.6 is 0 Å². The number of anilines is 1. The van der Waals surface area contributed by atoms with Gasteiger partial charge in [0.05, 0.1) is 5.69 Å². The van der Waals surface area contributed by atoms with E-state index in [2.05, 4.69) is 15.7 Å². The Morgan fingerprint density at radius 3 is 2.53 bits per heavy atom. The molecule has 0 saturated heterocycles. The molecule has 0 bridgehead atoms. The minimum Gasteiger partial charge on any atom is -0.355 e. The van der Waals surface area contributed by atoms with E-state index >= 15 is 0 Å². The highest BCUT2D eigenvalue weighted by Gasteiger charge is 2.25. The first kappa shape index (κ1) is 19.8. The molecule has 30 heavy (non-hydrogen) atoms. The van der Waals surface area contributed by atoms with Gasteiger partial charge in [0.1, 0.15) is 5.82 Å². The average Bonchev–Trinajstić information content (AvgIpc) is 2.95. The van der Waals surface area contributed by atoms with E-state index in [1.54, 1.807) is 48.1 Å². The van der Waals surface area contributed by atoms with Crippen molar-refractivity contribution < 1.29 is 14.0 Å². The Morgan fingerprint density at radius 2 is 1.77 bits per heavy atom. The average molecular weight is 406 g/mol. The summed E-state index contributed by atoms with van der Waals surface area (Å²) >= 11 is 0. The number of rotatable bonds is 4. The number of hydrogen-bond donors (Lipinski definition) is 2. The Morgan fingerprint density at radius 1 is 1.00 bits per heavy atom. The van der Waals surface area contributed by atoms with Crippen molar-refractivity contribution in [2.24, 2.45) is 0 Å². The van der Waals surface area contributed by atoms with Crippen molar-refractivity contribution >= 4 is 17.5 Å². The van der Waals surface area contributed by atoms with E-state index in [4.69, 9.17) is 0 Å². The van der Waals surface area contributed by atoms with Crippen molar-refractivity contribution in [3.05, 3.63) is 76.9 Å². The van der Waals surface area contributed by atoms with Crippen LogP contribution < -0.4 is 10.6 Å². The normalized spacial score (nSPS) is 13.3. The number of hydrogen-bond acceptors (Lipinski definition) is 3. The highest BCUT2D eigenvalue weighted by Crippen LogP contribution is 2.27. The summed E-state index contributed by atoms with van der Waals surface area (Å²) in [6.45, 7) is 0. The van der Waals surface area contributed by atoms with E-state index in [1.807, 2.05) is 0 Å². The molecule has 1 heterocycles. The van der Waals surface area contributed by atoms with Crippen LogP contribution in [0.2, 0.25) is 0 Å². The minimum atomic E-state index is -0.317. The molecule has 0 fully saturated rings. The molecule has 1 aliphatic carbocycles. The maximum absolute atomic E-state index is 13.4. The van der Waals surface area contributed by atoms with Gasteiger partial charge in [-0.05, 0) is 68.1 Å². The van der Waals surface area contributed by atoms with E-state index < -0.39 is 0 Å². The smallest absolute Gasteiger partial charge is 0.276 e. The molecule has 0 aliphatic heterocycles. The molecule has 3 aromatic rings. The molecule has 0 unspecified atom stereocenters. The predicted octanol–water partition coefficient (Wildman–Crippen LogP) is 3.89. The summed E-state index contributed by atoms with van der Waals surface area (Å²) < 4.78 is 15.1. The molecule has 7 heteroatoms. The summed E-state index contributed by atoms with van der Waals surface area (Å²) in [6, 6.07) is 12.9. The number of halogens is 1. The number of aromatic nitrogens is 2. The maximum atomic E-state index is 13.4. The summed E-state index contributed by atoms with van der Waals surface area (Å²) in [5.41, 5.74) is 4.04. The van der Waals surface area contributed by atoms with E-state index in [9.17, 15) is 14.0 Å². The van der Waals surface area contributed by atoms with E-state index in [1.165, 1.54) is 12.1 Å². The number of carbonyl (C=O) groups is 2. The number of benzene rings is 2. The van der Waals surface area contributed by atoms with Gasteiger partial charge in [-0.2, -0.15) is 5.10 Å². The summed E-state index contributed by atoms with van der Waals surface area (Å²) in [5, 5.41) is 10.0. The van der Waals surface area contributed by atoms with Crippen molar-refractivity contribution in [1.82, 2.24) is 15.1 Å². The van der Waals surface area contributed by atoms with E-state index in [-0.39, 0.29) is 17.6 Å². The van der Waals surface area contributed by atoms with Gasteiger partial charge in [0.15, 0.2) is 5.69 Å². The van der Waals surface area contributed by atoms with Crippen LogP contribution in [0, 0.1) is 5.82 Å². The van der Waals surface area contributed by atoms with E-state index in [0.29, 0.717) is 16.9 Å². The molecular formula is C23H23FN4O2. The highest BCUT2D eigenvalue weighted by atomic mass is 19.1. The number of fused-ring (bicyclic) bond motifs is 1. The molecule has 6 nitrogen and oxygen atoms in total. The SMILES string of the molecule is CNC(=O)c1cccc(NC(=O)c2nn(-c3ccc(F)cc3)c3c2CCCCC3)c1. The first-order chi connectivity index (χ1) is 14.6. The Balaban J connectivity index is 1.69. The summed E-state index contributed by atoms with van der Waals surface area (Å²) in [4.78, 5) is 25.0. The molecule has 1 aliphatic rings. The zero-order chi connectivity index (χ0) is 21.1. The van der Waals surface area contributed by atoms with Gasteiger partial charge in [0.25, 0.3) is 11.8 Å². The van der Waals surface area contributed by atoms with Gasteiger partial charge in [-0.1, -0.05) is 12.5 Å².